The minimum absolute atomic E-state index is 0.106. The van der Waals surface area contributed by atoms with Gasteiger partial charge in [0.1, 0.15) is 5.75 Å². The molecule has 0 saturated heterocycles. The first-order chi connectivity index (χ1) is 11.4. The maximum Gasteiger partial charge on any atom is 0.370 e. The lowest BCUT2D eigenvalue weighted by molar-refractivity contribution is -0.887. The number of nitrogens with zero attached hydrogens (tertiary/aromatic N) is 1. The molecule has 0 unspecified atom stereocenters. The van der Waals surface area contributed by atoms with Crippen LogP contribution in [0.15, 0.2) is 30.3 Å². The fourth-order valence-electron chi connectivity index (χ4n) is 2.97. The molecule has 1 atom stereocenters. The highest BCUT2D eigenvalue weighted by Crippen LogP contribution is 2.18. The van der Waals surface area contributed by atoms with Gasteiger partial charge in [0.15, 0.2) is 6.04 Å². The van der Waals surface area contributed by atoms with Crippen molar-refractivity contribution in [1.82, 2.24) is 0 Å². The standard InChI is InChI=1S/C21H36NO2/c1-5-6-7-8-9-10-11-15-18-20(22(2,3)4)21(23)24-19-16-13-12-14-17-19/h12-14,16-17,20H,5-11,15,18H2,1-4H3/q+1/t20-/m0/s1. The molecule has 0 fully saturated rings. The summed E-state index contributed by atoms with van der Waals surface area (Å²) in [5.41, 5.74) is 0. The first-order valence-corrected chi connectivity index (χ1v) is 9.53. The second-order valence-corrected chi connectivity index (χ2v) is 7.63. The molecule has 3 heteroatoms. The van der Waals surface area contributed by atoms with Crippen molar-refractivity contribution in [1.29, 1.82) is 0 Å². The van der Waals surface area contributed by atoms with Crippen LogP contribution in [-0.4, -0.2) is 37.6 Å². The van der Waals surface area contributed by atoms with Crippen LogP contribution < -0.4 is 4.74 Å². The molecule has 136 valence electrons. The van der Waals surface area contributed by atoms with E-state index in [4.69, 9.17) is 4.74 Å². The number of carbonyl (C=O) groups excluding carboxylic acids is 1. The highest BCUT2D eigenvalue weighted by Gasteiger charge is 2.32. The zero-order valence-corrected chi connectivity index (χ0v) is 16.1. The third-order valence-electron chi connectivity index (χ3n) is 4.50. The smallest absolute Gasteiger partial charge is 0.370 e. The van der Waals surface area contributed by atoms with E-state index in [1.54, 1.807) is 0 Å². The van der Waals surface area contributed by atoms with Crippen molar-refractivity contribution in [2.45, 2.75) is 70.8 Å². The van der Waals surface area contributed by atoms with Crippen LogP contribution in [0.2, 0.25) is 0 Å². The lowest BCUT2D eigenvalue weighted by Gasteiger charge is -2.32. The SMILES string of the molecule is CCCCCCCCCC[C@@H](C(=O)Oc1ccccc1)[N+](C)(C)C. The molecule has 0 radical (unpaired) electrons. The summed E-state index contributed by atoms with van der Waals surface area (Å²) in [4.78, 5) is 12.6. The van der Waals surface area contributed by atoms with Gasteiger partial charge in [-0.05, 0) is 18.6 Å². The fraction of sp³-hybridized carbons (Fsp3) is 0.667. The molecule has 24 heavy (non-hydrogen) atoms. The maximum absolute atomic E-state index is 12.6. The van der Waals surface area contributed by atoms with Crippen LogP contribution in [0.3, 0.4) is 0 Å². The predicted octanol–water partition coefficient (Wildman–Crippen LogP) is 5.20. The van der Waals surface area contributed by atoms with Crippen LogP contribution in [0.5, 0.6) is 5.75 Å². The van der Waals surface area contributed by atoms with Gasteiger partial charge in [-0.3, -0.25) is 0 Å². The van der Waals surface area contributed by atoms with Gasteiger partial charge in [-0.1, -0.05) is 70.1 Å². The summed E-state index contributed by atoms with van der Waals surface area (Å²) >= 11 is 0. The lowest BCUT2D eigenvalue weighted by atomic mass is 10.0. The number of benzene rings is 1. The van der Waals surface area contributed by atoms with E-state index in [0.29, 0.717) is 10.2 Å². The van der Waals surface area contributed by atoms with E-state index in [1.165, 1.54) is 44.9 Å². The van der Waals surface area contributed by atoms with Gasteiger partial charge in [0, 0.05) is 6.42 Å². The van der Waals surface area contributed by atoms with Crippen molar-refractivity contribution in [2.24, 2.45) is 0 Å². The summed E-state index contributed by atoms with van der Waals surface area (Å²) in [7, 11) is 6.21. The van der Waals surface area contributed by atoms with E-state index in [1.807, 2.05) is 30.3 Å². The van der Waals surface area contributed by atoms with E-state index in [0.717, 1.165) is 12.8 Å². The van der Waals surface area contributed by atoms with Crippen LogP contribution in [0, 0.1) is 0 Å². The Kier molecular flexibility index (Phi) is 9.70. The molecule has 3 nitrogen and oxygen atoms in total. The summed E-state index contributed by atoms with van der Waals surface area (Å²) in [6.45, 7) is 2.25. The Morgan fingerprint density at radius 2 is 1.46 bits per heavy atom. The molecule has 0 saturated carbocycles. The van der Waals surface area contributed by atoms with Gasteiger partial charge in [0.2, 0.25) is 0 Å². The van der Waals surface area contributed by atoms with E-state index in [9.17, 15) is 4.79 Å². The highest BCUT2D eigenvalue weighted by molar-refractivity contribution is 5.77. The van der Waals surface area contributed by atoms with Crippen molar-refractivity contribution in [3.63, 3.8) is 0 Å². The number of rotatable bonds is 12. The Morgan fingerprint density at radius 3 is 2.00 bits per heavy atom. The van der Waals surface area contributed by atoms with Gasteiger partial charge < -0.3 is 9.22 Å². The second-order valence-electron chi connectivity index (χ2n) is 7.63. The Balaban J connectivity index is 2.36. The van der Waals surface area contributed by atoms with Gasteiger partial charge in [-0.15, -0.1) is 0 Å². The average molecular weight is 335 g/mol. The van der Waals surface area contributed by atoms with Crippen molar-refractivity contribution < 1.29 is 14.0 Å². The number of esters is 1. The number of hydrogen-bond acceptors (Lipinski definition) is 2. The molecule has 0 spiro atoms. The molecule has 0 aliphatic carbocycles. The quantitative estimate of drug-likeness (QED) is 0.227. The third kappa shape index (κ3) is 8.49. The van der Waals surface area contributed by atoms with Gasteiger partial charge in [-0.2, -0.15) is 0 Å². The van der Waals surface area contributed by atoms with Crippen molar-refractivity contribution in [2.75, 3.05) is 21.1 Å². The number of ether oxygens (including phenoxy) is 1. The van der Waals surface area contributed by atoms with Crippen LogP contribution >= 0.6 is 0 Å². The Bertz CT molecular complexity index is 451. The second kappa shape index (κ2) is 11.2. The molecule has 0 aliphatic heterocycles. The van der Waals surface area contributed by atoms with Crippen LogP contribution in [0.25, 0.3) is 0 Å². The van der Waals surface area contributed by atoms with Gasteiger partial charge in [0.05, 0.1) is 21.1 Å². The largest absolute Gasteiger partial charge is 0.422 e. The van der Waals surface area contributed by atoms with E-state index < -0.39 is 0 Å². The summed E-state index contributed by atoms with van der Waals surface area (Å²) in [6, 6.07) is 9.27. The topological polar surface area (TPSA) is 26.3 Å². The number of para-hydroxylation sites is 1. The lowest BCUT2D eigenvalue weighted by Crippen LogP contribution is -2.51. The summed E-state index contributed by atoms with van der Waals surface area (Å²) < 4.78 is 6.18. The molecule has 1 rings (SSSR count). The van der Waals surface area contributed by atoms with Crippen molar-refractivity contribution >= 4 is 5.97 Å². The van der Waals surface area contributed by atoms with Crippen LogP contribution in [0.1, 0.15) is 64.7 Å². The number of quaternary nitrogens is 1. The van der Waals surface area contributed by atoms with Crippen molar-refractivity contribution in [3.05, 3.63) is 30.3 Å². The Hall–Kier alpha value is -1.35. The number of unbranched alkanes of at least 4 members (excludes halogenated alkanes) is 7. The van der Waals surface area contributed by atoms with Crippen LogP contribution in [0.4, 0.5) is 0 Å². The zero-order valence-electron chi connectivity index (χ0n) is 16.1. The Morgan fingerprint density at radius 1 is 0.917 bits per heavy atom. The minimum atomic E-state index is -0.114. The molecule has 0 aliphatic rings. The number of hydrogen-bond donors (Lipinski definition) is 0. The first kappa shape index (κ1) is 20.7. The molecule has 0 amide bonds. The number of likely N-dealkylation sites (N-methyl/N-ethyl adjacent to an activating group) is 1. The maximum atomic E-state index is 12.6. The van der Waals surface area contributed by atoms with Gasteiger partial charge in [-0.25, -0.2) is 4.79 Å². The molecular formula is C21H36NO2+. The average Bonchev–Trinajstić information content (AvgIpc) is 2.53. The van der Waals surface area contributed by atoms with Crippen LogP contribution in [-0.2, 0) is 4.79 Å². The van der Waals surface area contributed by atoms with Gasteiger partial charge in [0.25, 0.3) is 0 Å². The zero-order chi connectivity index (χ0) is 17.8. The van der Waals surface area contributed by atoms with Gasteiger partial charge >= 0.3 is 5.97 Å². The van der Waals surface area contributed by atoms with E-state index in [2.05, 4.69) is 28.1 Å². The first-order valence-electron chi connectivity index (χ1n) is 9.53. The monoisotopic (exact) mass is 334 g/mol. The molecule has 0 heterocycles. The predicted molar refractivity (Wildman–Crippen MR) is 101 cm³/mol. The Labute approximate surface area is 148 Å². The fourth-order valence-corrected chi connectivity index (χ4v) is 2.97. The molecule has 0 N–H and O–H groups in total. The van der Waals surface area contributed by atoms with Crippen molar-refractivity contribution in [3.8, 4) is 5.75 Å². The normalized spacial score (nSPS) is 12.8. The summed E-state index contributed by atoms with van der Waals surface area (Å²) in [6.07, 6.45) is 11.2. The number of carbonyl (C=O) groups is 1. The molecule has 0 aromatic heterocycles. The molecule has 1 aromatic carbocycles. The summed E-state index contributed by atoms with van der Waals surface area (Å²) in [5, 5.41) is 0. The molecule has 0 bridgehead atoms. The summed E-state index contributed by atoms with van der Waals surface area (Å²) in [5.74, 6) is 0.522. The minimum Gasteiger partial charge on any atom is -0.422 e. The third-order valence-corrected chi connectivity index (χ3v) is 4.50. The van der Waals surface area contributed by atoms with E-state index in [-0.39, 0.29) is 12.0 Å². The molecule has 1 aromatic rings. The molecular weight excluding hydrogens is 298 g/mol. The highest BCUT2D eigenvalue weighted by atomic mass is 16.5. The van der Waals surface area contributed by atoms with E-state index >= 15 is 0 Å².